The van der Waals surface area contributed by atoms with Crippen molar-refractivity contribution in [1.82, 2.24) is 4.72 Å². The largest absolute Gasteiger partial charge is 0.242 e. The van der Waals surface area contributed by atoms with Crippen molar-refractivity contribution in [2.45, 2.75) is 11.4 Å². The van der Waals surface area contributed by atoms with Crippen LogP contribution in [0.4, 0.5) is 4.39 Å². The van der Waals surface area contributed by atoms with Crippen molar-refractivity contribution in [3.05, 3.63) is 63.9 Å². The zero-order chi connectivity index (χ0) is 14.8. The summed E-state index contributed by atoms with van der Waals surface area (Å²) in [5, 5.41) is 0.289. The summed E-state index contributed by atoms with van der Waals surface area (Å²) < 4.78 is 39.5. The quantitative estimate of drug-likeness (QED) is 0.928. The number of hydrogen-bond acceptors (Lipinski definition) is 2. The van der Waals surface area contributed by atoms with Crippen LogP contribution >= 0.6 is 23.2 Å². The molecule has 0 aromatic heterocycles. The smallest absolute Gasteiger partial charge is 0.207 e. The van der Waals surface area contributed by atoms with E-state index in [4.69, 9.17) is 23.2 Å². The number of hydrogen-bond donors (Lipinski definition) is 1. The second kappa shape index (κ2) is 6.10. The molecule has 2 rings (SSSR count). The molecule has 0 heterocycles. The predicted molar refractivity (Wildman–Crippen MR) is 76.9 cm³/mol. The van der Waals surface area contributed by atoms with E-state index in [1.165, 1.54) is 24.3 Å². The van der Waals surface area contributed by atoms with Gasteiger partial charge in [-0.15, -0.1) is 0 Å². The van der Waals surface area contributed by atoms with Gasteiger partial charge in [0.05, 0.1) is 5.02 Å². The zero-order valence-electron chi connectivity index (χ0n) is 10.1. The normalized spacial score (nSPS) is 11.6. The van der Waals surface area contributed by atoms with Crippen molar-refractivity contribution < 1.29 is 12.8 Å². The van der Waals surface area contributed by atoms with Gasteiger partial charge >= 0.3 is 0 Å². The average Bonchev–Trinajstić information content (AvgIpc) is 2.38. The molecule has 0 radical (unpaired) electrons. The standard InChI is InChI=1S/C13H10Cl2FNO2S/c14-11-3-1-2-4-13(11)20(18,19)17-8-9-5-6-10(16)7-12(9)15/h1-7,17H,8H2. The van der Waals surface area contributed by atoms with E-state index in [1.807, 2.05) is 0 Å². The first-order valence-electron chi connectivity index (χ1n) is 5.58. The minimum atomic E-state index is -3.75. The molecule has 0 fully saturated rings. The van der Waals surface area contributed by atoms with Gasteiger partial charge in [0, 0.05) is 11.6 Å². The SMILES string of the molecule is O=S(=O)(NCc1ccc(F)cc1Cl)c1ccccc1Cl. The number of nitrogens with one attached hydrogen (secondary N) is 1. The molecule has 2 aromatic rings. The first-order chi connectivity index (χ1) is 9.40. The van der Waals surface area contributed by atoms with Crippen LogP contribution in [0.2, 0.25) is 10.0 Å². The molecule has 0 aliphatic carbocycles. The summed E-state index contributed by atoms with van der Waals surface area (Å²) >= 11 is 11.7. The summed E-state index contributed by atoms with van der Waals surface area (Å²) in [6, 6.07) is 9.86. The van der Waals surface area contributed by atoms with Crippen molar-refractivity contribution >= 4 is 33.2 Å². The van der Waals surface area contributed by atoms with E-state index in [-0.39, 0.29) is 21.5 Å². The van der Waals surface area contributed by atoms with Crippen molar-refractivity contribution in [2.24, 2.45) is 0 Å². The van der Waals surface area contributed by atoms with Crippen LogP contribution in [0.5, 0.6) is 0 Å². The second-order valence-corrected chi connectivity index (χ2v) is 6.54. The topological polar surface area (TPSA) is 46.2 Å². The van der Waals surface area contributed by atoms with Crippen LogP contribution < -0.4 is 4.72 Å². The van der Waals surface area contributed by atoms with E-state index in [0.29, 0.717) is 5.56 Å². The van der Waals surface area contributed by atoms with Crippen molar-refractivity contribution in [3.63, 3.8) is 0 Å². The van der Waals surface area contributed by atoms with Gasteiger partial charge in [0.15, 0.2) is 0 Å². The molecule has 2 aromatic carbocycles. The van der Waals surface area contributed by atoms with Gasteiger partial charge in [0.2, 0.25) is 10.0 Å². The van der Waals surface area contributed by atoms with E-state index in [9.17, 15) is 12.8 Å². The molecule has 0 bridgehead atoms. The summed E-state index contributed by atoms with van der Waals surface area (Å²) in [6.45, 7) is -0.0489. The van der Waals surface area contributed by atoms with Crippen molar-refractivity contribution in [2.75, 3.05) is 0 Å². The van der Waals surface area contributed by atoms with Gasteiger partial charge in [0.1, 0.15) is 10.7 Å². The highest BCUT2D eigenvalue weighted by Crippen LogP contribution is 2.22. The molecule has 20 heavy (non-hydrogen) atoms. The molecular weight excluding hydrogens is 324 g/mol. The lowest BCUT2D eigenvalue weighted by molar-refractivity contribution is 0.581. The Hall–Kier alpha value is -1.14. The van der Waals surface area contributed by atoms with Gasteiger partial charge in [-0.25, -0.2) is 17.5 Å². The number of halogens is 3. The Morgan fingerprint density at radius 1 is 1.05 bits per heavy atom. The predicted octanol–water partition coefficient (Wildman–Crippen LogP) is 3.61. The molecule has 0 atom stereocenters. The fourth-order valence-corrected chi connectivity index (χ4v) is 3.34. The molecule has 0 amide bonds. The molecule has 1 N–H and O–H groups in total. The summed E-state index contributed by atoms with van der Waals surface area (Å²) in [5.41, 5.74) is 0.476. The van der Waals surface area contributed by atoms with E-state index >= 15 is 0 Å². The maximum absolute atomic E-state index is 12.9. The third-order valence-electron chi connectivity index (χ3n) is 2.59. The second-order valence-electron chi connectivity index (χ2n) is 3.99. The van der Waals surface area contributed by atoms with Crippen LogP contribution in [0.15, 0.2) is 47.4 Å². The van der Waals surface area contributed by atoms with Gasteiger partial charge in [-0.05, 0) is 29.8 Å². The van der Waals surface area contributed by atoms with Gasteiger partial charge in [-0.3, -0.25) is 0 Å². The van der Waals surface area contributed by atoms with Crippen LogP contribution in [-0.2, 0) is 16.6 Å². The Balaban J connectivity index is 2.20. The Bertz CT molecular complexity index is 735. The van der Waals surface area contributed by atoms with Gasteiger partial charge in [-0.1, -0.05) is 41.4 Å². The zero-order valence-corrected chi connectivity index (χ0v) is 12.4. The molecule has 0 aliphatic rings. The highest BCUT2D eigenvalue weighted by atomic mass is 35.5. The molecule has 0 saturated heterocycles. The van der Waals surface area contributed by atoms with Crippen LogP contribution in [0.3, 0.4) is 0 Å². The lowest BCUT2D eigenvalue weighted by Crippen LogP contribution is -2.23. The van der Waals surface area contributed by atoms with E-state index in [0.717, 1.165) is 6.07 Å². The van der Waals surface area contributed by atoms with Crippen molar-refractivity contribution in [3.8, 4) is 0 Å². The summed E-state index contributed by atoms with van der Waals surface area (Å²) in [4.78, 5) is -0.0140. The lowest BCUT2D eigenvalue weighted by Gasteiger charge is -2.09. The Labute approximate surface area is 126 Å². The van der Waals surface area contributed by atoms with Gasteiger partial charge in [-0.2, -0.15) is 0 Å². The minimum Gasteiger partial charge on any atom is -0.207 e. The van der Waals surface area contributed by atoms with Crippen LogP contribution in [0.1, 0.15) is 5.56 Å². The van der Waals surface area contributed by atoms with Gasteiger partial charge < -0.3 is 0 Å². The monoisotopic (exact) mass is 333 g/mol. The third-order valence-corrected chi connectivity index (χ3v) is 4.85. The van der Waals surface area contributed by atoms with Crippen LogP contribution in [-0.4, -0.2) is 8.42 Å². The highest BCUT2D eigenvalue weighted by Gasteiger charge is 2.17. The van der Waals surface area contributed by atoms with E-state index in [1.54, 1.807) is 12.1 Å². The Morgan fingerprint density at radius 2 is 1.75 bits per heavy atom. The summed E-state index contributed by atoms with van der Waals surface area (Å²) in [7, 11) is -3.75. The molecule has 0 aliphatic heterocycles. The molecule has 3 nitrogen and oxygen atoms in total. The van der Waals surface area contributed by atoms with Crippen LogP contribution in [0, 0.1) is 5.82 Å². The van der Waals surface area contributed by atoms with E-state index in [2.05, 4.69) is 4.72 Å². The minimum absolute atomic E-state index is 0.0140. The van der Waals surface area contributed by atoms with E-state index < -0.39 is 15.8 Å². The molecular formula is C13H10Cl2FNO2S. The molecule has 106 valence electrons. The Kier molecular flexibility index (Phi) is 4.65. The maximum atomic E-state index is 12.9. The highest BCUT2D eigenvalue weighted by molar-refractivity contribution is 7.89. The number of sulfonamides is 1. The van der Waals surface area contributed by atoms with Crippen LogP contribution in [0.25, 0.3) is 0 Å². The third kappa shape index (κ3) is 3.49. The first kappa shape index (κ1) is 15.3. The average molecular weight is 334 g/mol. The molecule has 0 spiro atoms. The molecule has 7 heteroatoms. The lowest BCUT2D eigenvalue weighted by atomic mass is 10.2. The summed E-state index contributed by atoms with van der Waals surface area (Å²) in [5.74, 6) is -0.479. The Morgan fingerprint density at radius 3 is 2.40 bits per heavy atom. The fraction of sp³-hybridized carbons (Fsp3) is 0.0769. The summed E-state index contributed by atoms with van der Waals surface area (Å²) in [6.07, 6.45) is 0. The molecule has 0 saturated carbocycles. The number of rotatable bonds is 4. The first-order valence-corrected chi connectivity index (χ1v) is 7.82. The van der Waals surface area contributed by atoms with Gasteiger partial charge in [0.25, 0.3) is 0 Å². The molecule has 0 unspecified atom stereocenters. The fourth-order valence-electron chi connectivity index (χ4n) is 1.58. The number of benzene rings is 2. The maximum Gasteiger partial charge on any atom is 0.242 e. The van der Waals surface area contributed by atoms with Crippen molar-refractivity contribution in [1.29, 1.82) is 0 Å².